The zero-order chi connectivity index (χ0) is 19.9. The van der Waals surface area contributed by atoms with E-state index in [9.17, 15) is 9.59 Å². The lowest BCUT2D eigenvalue weighted by atomic mass is 10.1. The van der Waals surface area contributed by atoms with Crippen LogP contribution in [0.15, 0.2) is 24.3 Å². The molecule has 1 aromatic rings. The Morgan fingerprint density at radius 2 is 1.77 bits per heavy atom. The van der Waals surface area contributed by atoms with Crippen molar-refractivity contribution in [2.75, 3.05) is 7.11 Å². The molecule has 6 nitrogen and oxygen atoms in total. The van der Waals surface area contributed by atoms with Gasteiger partial charge in [0.2, 0.25) is 0 Å². The molecule has 6 heteroatoms. The first-order valence-corrected chi connectivity index (χ1v) is 8.57. The quantitative estimate of drug-likeness (QED) is 0.594. The van der Waals surface area contributed by atoms with E-state index in [1.807, 2.05) is 34.6 Å². The average Bonchev–Trinajstić information content (AvgIpc) is 2.51. The summed E-state index contributed by atoms with van der Waals surface area (Å²) in [7, 11) is 1.56. The molecule has 1 N–H and O–H groups in total. The van der Waals surface area contributed by atoms with Crippen molar-refractivity contribution in [2.45, 2.75) is 59.3 Å². The van der Waals surface area contributed by atoms with Gasteiger partial charge in [0.15, 0.2) is 17.6 Å². The number of ether oxygens (including phenoxy) is 3. The summed E-state index contributed by atoms with van der Waals surface area (Å²) in [5, 5.41) is 2.76. The fraction of sp³-hybridized carbons (Fsp3) is 0.500. The lowest BCUT2D eigenvalue weighted by molar-refractivity contribution is -0.150. The summed E-state index contributed by atoms with van der Waals surface area (Å²) in [4.78, 5) is 23.9. The standard InChI is InChI=1S/C20H29NO5/c1-13(2)25-16-10-8-15(12-17(16)24-7)9-11-18(22)26-14(3)19(23)21-20(4,5)6/h8-14H,1-7H3,(H,21,23)/b11-9+/t14-/m1/s1. The van der Waals surface area contributed by atoms with Crippen LogP contribution in [0.25, 0.3) is 6.08 Å². The number of carbonyl (C=O) groups excluding carboxylic acids is 2. The number of amides is 1. The molecule has 0 radical (unpaired) electrons. The summed E-state index contributed by atoms with van der Waals surface area (Å²) in [5.74, 6) is 0.279. The summed E-state index contributed by atoms with van der Waals surface area (Å²) >= 11 is 0. The number of nitrogens with one attached hydrogen (secondary N) is 1. The molecule has 0 saturated heterocycles. The summed E-state index contributed by atoms with van der Waals surface area (Å²) in [6, 6.07) is 5.35. The van der Waals surface area contributed by atoms with E-state index >= 15 is 0 Å². The maximum absolute atomic E-state index is 11.9. The molecular formula is C20H29NO5. The first kappa shape index (κ1) is 21.5. The highest BCUT2D eigenvalue weighted by molar-refractivity contribution is 5.90. The summed E-state index contributed by atoms with van der Waals surface area (Å²) in [5.41, 5.74) is 0.367. The van der Waals surface area contributed by atoms with Gasteiger partial charge in [0.05, 0.1) is 13.2 Å². The fourth-order valence-corrected chi connectivity index (χ4v) is 2.04. The van der Waals surface area contributed by atoms with Crippen molar-refractivity contribution in [3.8, 4) is 11.5 Å². The third-order valence-electron chi connectivity index (χ3n) is 3.12. The van der Waals surface area contributed by atoms with Gasteiger partial charge >= 0.3 is 5.97 Å². The van der Waals surface area contributed by atoms with E-state index in [0.717, 1.165) is 5.56 Å². The average molecular weight is 363 g/mol. The predicted octanol–water partition coefficient (Wildman–Crippen LogP) is 3.34. The van der Waals surface area contributed by atoms with Crippen molar-refractivity contribution >= 4 is 18.0 Å². The Labute approximate surface area is 155 Å². The third kappa shape index (κ3) is 7.59. The topological polar surface area (TPSA) is 73.9 Å². The van der Waals surface area contributed by atoms with Crippen LogP contribution >= 0.6 is 0 Å². The molecule has 1 amide bonds. The monoisotopic (exact) mass is 363 g/mol. The zero-order valence-electron chi connectivity index (χ0n) is 16.6. The molecule has 0 saturated carbocycles. The number of methoxy groups -OCH3 is 1. The second-order valence-electron chi connectivity index (χ2n) is 7.23. The van der Waals surface area contributed by atoms with Crippen LogP contribution in [0.1, 0.15) is 47.1 Å². The van der Waals surface area contributed by atoms with Gasteiger partial charge in [-0.25, -0.2) is 4.79 Å². The van der Waals surface area contributed by atoms with Crippen molar-refractivity contribution in [1.82, 2.24) is 5.32 Å². The Kier molecular flexibility index (Phi) is 7.68. The zero-order valence-corrected chi connectivity index (χ0v) is 16.6. The van der Waals surface area contributed by atoms with Gasteiger partial charge < -0.3 is 19.5 Å². The molecule has 1 atom stereocenters. The van der Waals surface area contributed by atoms with Gasteiger partial charge in [0, 0.05) is 11.6 Å². The molecule has 0 aliphatic rings. The Morgan fingerprint density at radius 3 is 2.31 bits per heavy atom. The van der Waals surface area contributed by atoms with E-state index < -0.39 is 12.1 Å². The van der Waals surface area contributed by atoms with Gasteiger partial charge in [-0.15, -0.1) is 0 Å². The predicted molar refractivity (Wildman–Crippen MR) is 101 cm³/mol. The van der Waals surface area contributed by atoms with Crippen molar-refractivity contribution in [1.29, 1.82) is 0 Å². The van der Waals surface area contributed by atoms with E-state index in [1.165, 1.54) is 13.0 Å². The highest BCUT2D eigenvalue weighted by atomic mass is 16.5. The minimum Gasteiger partial charge on any atom is -0.493 e. The van der Waals surface area contributed by atoms with Crippen molar-refractivity contribution in [3.05, 3.63) is 29.8 Å². The molecule has 0 unspecified atom stereocenters. The molecule has 0 spiro atoms. The Bertz CT molecular complexity index is 659. The molecule has 0 aromatic heterocycles. The second-order valence-corrected chi connectivity index (χ2v) is 7.23. The van der Waals surface area contributed by atoms with Crippen LogP contribution < -0.4 is 14.8 Å². The van der Waals surface area contributed by atoms with Crippen molar-refractivity contribution in [3.63, 3.8) is 0 Å². The highest BCUT2D eigenvalue weighted by Crippen LogP contribution is 2.29. The number of hydrogen-bond donors (Lipinski definition) is 1. The first-order chi connectivity index (χ1) is 12.0. The lowest BCUT2D eigenvalue weighted by Crippen LogP contribution is -2.46. The van der Waals surface area contributed by atoms with E-state index in [0.29, 0.717) is 11.5 Å². The number of rotatable bonds is 7. The van der Waals surface area contributed by atoms with Crippen LogP contribution in [0.5, 0.6) is 11.5 Å². The second kappa shape index (κ2) is 9.27. The smallest absolute Gasteiger partial charge is 0.331 e. The van der Waals surface area contributed by atoms with Crippen LogP contribution in [0.3, 0.4) is 0 Å². The summed E-state index contributed by atoms with van der Waals surface area (Å²) in [6.07, 6.45) is 2.03. The molecule has 0 bridgehead atoms. The molecule has 0 aliphatic heterocycles. The Balaban J connectivity index is 2.72. The van der Waals surface area contributed by atoms with Crippen molar-refractivity contribution < 1.29 is 23.8 Å². The van der Waals surface area contributed by atoms with Crippen molar-refractivity contribution in [2.24, 2.45) is 0 Å². The molecule has 26 heavy (non-hydrogen) atoms. The molecule has 1 rings (SSSR count). The third-order valence-corrected chi connectivity index (χ3v) is 3.12. The molecule has 144 valence electrons. The fourth-order valence-electron chi connectivity index (χ4n) is 2.04. The van der Waals surface area contributed by atoms with E-state index in [-0.39, 0.29) is 17.6 Å². The van der Waals surface area contributed by atoms with E-state index in [4.69, 9.17) is 14.2 Å². The van der Waals surface area contributed by atoms with Crippen LogP contribution in [-0.2, 0) is 14.3 Å². The molecule has 0 heterocycles. The summed E-state index contributed by atoms with van der Waals surface area (Å²) < 4.78 is 16.1. The van der Waals surface area contributed by atoms with Gasteiger partial charge in [0.1, 0.15) is 0 Å². The van der Waals surface area contributed by atoms with E-state index in [2.05, 4.69) is 5.32 Å². The van der Waals surface area contributed by atoms with Crippen LogP contribution in [-0.4, -0.2) is 36.7 Å². The molecular weight excluding hydrogens is 334 g/mol. The molecule has 0 aliphatic carbocycles. The number of hydrogen-bond acceptors (Lipinski definition) is 5. The van der Waals surface area contributed by atoms with Gasteiger partial charge in [-0.1, -0.05) is 6.07 Å². The lowest BCUT2D eigenvalue weighted by Gasteiger charge is -2.22. The minimum atomic E-state index is -0.872. The normalized spacial score (nSPS) is 12.8. The van der Waals surface area contributed by atoms with E-state index in [1.54, 1.807) is 31.4 Å². The van der Waals surface area contributed by atoms with Gasteiger partial charge in [0.25, 0.3) is 5.91 Å². The van der Waals surface area contributed by atoms with Gasteiger partial charge in [-0.05, 0) is 65.3 Å². The molecule has 1 aromatic carbocycles. The van der Waals surface area contributed by atoms with Crippen LogP contribution in [0.2, 0.25) is 0 Å². The van der Waals surface area contributed by atoms with Crippen LogP contribution in [0.4, 0.5) is 0 Å². The maximum atomic E-state index is 11.9. The SMILES string of the molecule is COc1cc(/C=C/C(=O)O[C@H](C)C(=O)NC(C)(C)C)ccc1OC(C)C. The van der Waals surface area contributed by atoms with Crippen LogP contribution in [0, 0.1) is 0 Å². The first-order valence-electron chi connectivity index (χ1n) is 8.57. The maximum Gasteiger partial charge on any atom is 0.331 e. The Hall–Kier alpha value is -2.50. The largest absolute Gasteiger partial charge is 0.493 e. The van der Waals surface area contributed by atoms with Gasteiger partial charge in [-0.2, -0.15) is 0 Å². The number of benzene rings is 1. The molecule has 0 fully saturated rings. The Morgan fingerprint density at radius 1 is 1.12 bits per heavy atom. The van der Waals surface area contributed by atoms with Gasteiger partial charge in [-0.3, -0.25) is 4.79 Å². The number of esters is 1. The number of carbonyl (C=O) groups is 2. The highest BCUT2D eigenvalue weighted by Gasteiger charge is 2.21. The summed E-state index contributed by atoms with van der Waals surface area (Å²) in [6.45, 7) is 11.0. The minimum absolute atomic E-state index is 0.0287.